The van der Waals surface area contributed by atoms with Gasteiger partial charge in [0.05, 0.1) is 25.3 Å². The molecule has 1 fully saturated rings. The maximum absolute atomic E-state index is 6.08. The summed E-state index contributed by atoms with van der Waals surface area (Å²) >= 11 is 0. The molecular formula is C17H24N4O2. The highest BCUT2D eigenvalue weighted by Crippen LogP contribution is 2.28. The molecule has 1 aliphatic rings. The molecule has 0 bridgehead atoms. The fraction of sp³-hybridized carbons (Fsp3) is 0.529. The summed E-state index contributed by atoms with van der Waals surface area (Å²) in [5.74, 6) is 1.31. The average Bonchev–Trinajstić information content (AvgIpc) is 2.93. The molecule has 6 nitrogen and oxygen atoms in total. The third-order valence-electron chi connectivity index (χ3n) is 4.21. The first kappa shape index (κ1) is 16.1. The van der Waals surface area contributed by atoms with E-state index in [9.17, 15) is 0 Å². The fourth-order valence-electron chi connectivity index (χ4n) is 3.14. The van der Waals surface area contributed by atoms with Crippen molar-refractivity contribution in [3.63, 3.8) is 0 Å². The molecule has 1 aromatic heterocycles. The number of hydrogen-bond acceptors (Lipinski definition) is 6. The number of hydrogen-bond donors (Lipinski definition) is 0. The Bertz CT molecular complexity index is 616. The lowest BCUT2D eigenvalue weighted by Crippen LogP contribution is -2.47. The van der Waals surface area contributed by atoms with E-state index in [2.05, 4.69) is 58.3 Å². The van der Waals surface area contributed by atoms with Crippen molar-refractivity contribution in [3.8, 4) is 0 Å². The first-order chi connectivity index (χ1) is 11.1. The average molecular weight is 316 g/mol. The van der Waals surface area contributed by atoms with Crippen LogP contribution in [-0.2, 0) is 11.3 Å². The van der Waals surface area contributed by atoms with Gasteiger partial charge in [0.2, 0.25) is 5.89 Å². The second kappa shape index (κ2) is 7.21. The zero-order chi connectivity index (χ0) is 16.2. The highest BCUT2D eigenvalue weighted by atomic mass is 16.5. The van der Waals surface area contributed by atoms with Crippen molar-refractivity contribution in [1.82, 2.24) is 19.9 Å². The van der Waals surface area contributed by atoms with E-state index in [0.717, 1.165) is 19.7 Å². The van der Waals surface area contributed by atoms with E-state index in [1.165, 1.54) is 5.56 Å². The van der Waals surface area contributed by atoms with Crippen LogP contribution >= 0.6 is 0 Å². The fourth-order valence-corrected chi connectivity index (χ4v) is 3.14. The summed E-state index contributed by atoms with van der Waals surface area (Å²) in [4.78, 5) is 8.81. The van der Waals surface area contributed by atoms with E-state index in [0.29, 0.717) is 18.3 Å². The van der Waals surface area contributed by atoms with E-state index in [-0.39, 0.29) is 12.1 Å². The first-order valence-electron chi connectivity index (χ1n) is 7.98. The Morgan fingerprint density at radius 3 is 2.78 bits per heavy atom. The zero-order valence-corrected chi connectivity index (χ0v) is 14.0. The maximum Gasteiger partial charge on any atom is 0.240 e. The highest BCUT2D eigenvalue weighted by molar-refractivity contribution is 5.21. The molecule has 0 spiro atoms. The highest BCUT2D eigenvalue weighted by Gasteiger charge is 2.32. The summed E-state index contributed by atoms with van der Waals surface area (Å²) < 4.78 is 11.3. The van der Waals surface area contributed by atoms with E-state index < -0.39 is 0 Å². The van der Waals surface area contributed by atoms with E-state index >= 15 is 0 Å². The molecule has 0 saturated carbocycles. The van der Waals surface area contributed by atoms with Gasteiger partial charge >= 0.3 is 0 Å². The Morgan fingerprint density at radius 1 is 1.30 bits per heavy atom. The van der Waals surface area contributed by atoms with Gasteiger partial charge in [-0.05, 0) is 26.6 Å². The number of aryl methyl sites for hydroxylation is 1. The van der Waals surface area contributed by atoms with Gasteiger partial charge in [-0.3, -0.25) is 9.80 Å². The van der Waals surface area contributed by atoms with Gasteiger partial charge in [0.25, 0.3) is 0 Å². The maximum atomic E-state index is 6.08. The number of ether oxygens (including phenoxy) is 1. The third-order valence-corrected chi connectivity index (χ3v) is 4.21. The SMILES string of the molecule is Cc1noc(CN(C)C[C@@H]2OCCN(C)[C@H]2c2ccccc2)n1. The van der Waals surface area contributed by atoms with Crippen LogP contribution in [0.2, 0.25) is 0 Å². The molecule has 1 saturated heterocycles. The van der Waals surface area contributed by atoms with Crippen molar-refractivity contribution < 1.29 is 9.26 Å². The Hall–Kier alpha value is -1.76. The molecule has 1 aromatic carbocycles. The lowest BCUT2D eigenvalue weighted by molar-refractivity contribution is -0.0748. The molecule has 0 N–H and O–H groups in total. The summed E-state index contributed by atoms with van der Waals surface area (Å²) in [5, 5.41) is 3.84. The molecule has 1 aliphatic heterocycles. The van der Waals surface area contributed by atoms with Gasteiger partial charge in [-0.1, -0.05) is 35.5 Å². The summed E-state index contributed by atoms with van der Waals surface area (Å²) in [6, 6.07) is 10.8. The Balaban J connectivity index is 1.68. The summed E-state index contributed by atoms with van der Waals surface area (Å²) in [6.07, 6.45) is 0.116. The van der Waals surface area contributed by atoms with Gasteiger partial charge in [0.1, 0.15) is 0 Å². The summed E-state index contributed by atoms with van der Waals surface area (Å²) in [5.41, 5.74) is 1.29. The predicted molar refractivity (Wildman–Crippen MR) is 86.9 cm³/mol. The summed E-state index contributed by atoms with van der Waals surface area (Å²) in [7, 11) is 4.22. The molecule has 3 rings (SSSR count). The number of benzene rings is 1. The van der Waals surface area contributed by atoms with Gasteiger partial charge in [0.15, 0.2) is 5.82 Å². The molecule has 6 heteroatoms. The minimum absolute atomic E-state index is 0.116. The van der Waals surface area contributed by atoms with Crippen LogP contribution in [0.25, 0.3) is 0 Å². The van der Waals surface area contributed by atoms with Gasteiger partial charge < -0.3 is 9.26 Å². The van der Waals surface area contributed by atoms with Crippen LogP contribution in [0.1, 0.15) is 23.3 Å². The van der Waals surface area contributed by atoms with Crippen LogP contribution < -0.4 is 0 Å². The quantitative estimate of drug-likeness (QED) is 0.839. The normalized spacial score (nSPS) is 22.6. The van der Waals surface area contributed by atoms with Gasteiger partial charge in [0, 0.05) is 13.1 Å². The van der Waals surface area contributed by atoms with Crippen LogP contribution in [0.5, 0.6) is 0 Å². The number of morpholine rings is 1. The zero-order valence-electron chi connectivity index (χ0n) is 14.0. The van der Waals surface area contributed by atoms with Crippen LogP contribution in [0.3, 0.4) is 0 Å². The molecule has 0 radical (unpaired) electrons. The summed E-state index contributed by atoms with van der Waals surface area (Å²) in [6.45, 7) is 4.98. The lowest BCUT2D eigenvalue weighted by Gasteiger charge is -2.40. The third kappa shape index (κ3) is 3.96. The molecule has 0 amide bonds. The second-order valence-electron chi connectivity index (χ2n) is 6.18. The van der Waals surface area contributed by atoms with Crippen molar-refractivity contribution in [1.29, 1.82) is 0 Å². The molecule has 2 heterocycles. The smallest absolute Gasteiger partial charge is 0.240 e. The van der Waals surface area contributed by atoms with E-state index in [4.69, 9.17) is 9.26 Å². The second-order valence-corrected chi connectivity index (χ2v) is 6.18. The lowest BCUT2D eigenvalue weighted by atomic mass is 9.98. The molecule has 2 aromatic rings. The minimum Gasteiger partial charge on any atom is -0.374 e. The van der Waals surface area contributed by atoms with Gasteiger partial charge in [-0.25, -0.2) is 0 Å². The number of nitrogens with zero attached hydrogens (tertiary/aromatic N) is 4. The first-order valence-corrected chi connectivity index (χ1v) is 7.98. The minimum atomic E-state index is 0.116. The topological polar surface area (TPSA) is 54.6 Å². The van der Waals surface area contributed by atoms with E-state index in [1.54, 1.807) is 0 Å². The van der Waals surface area contributed by atoms with Crippen molar-refractivity contribution in [2.24, 2.45) is 0 Å². The van der Waals surface area contributed by atoms with Crippen LogP contribution in [0, 0.1) is 6.92 Å². The number of aromatic nitrogens is 2. The Labute approximate surface area is 137 Å². The Morgan fingerprint density at radius 2 is 2.09 bits per heavy atom. The molecule has 124 valence electrons. The molecule has 23 heavy (non-hydrogen) atoms. The molecule has 2 atom stereocenters. The van der Waals surface area contributed by atoms with E-state index in [1.807, 2.05) is 13.0 Å². The largest absolute Gasteiger partial charge is 0.374 e. The van der Waals surface area contributed by atoms with Gasteiger partial charge in [-0.15, -0.1) is 0 Å². The predicted octanol–water partition coefficient (Wildman–Crippen LogP) is 1.88. The van der Waals surface area contributed by atoms with Crippen LogP contribution in [0.4, 0.5) is 0 Å². The standard InChI is InChI=1S/C17H24N4O2/c1-13-18-16(23-19-13)12-20(2)11-15-17(21(3)9-10-22-15)14-7-5-4-6-8-14/h4-8,15,17H,9-12H2,1-3H3/t15-,17-/m0/s1. The molecule has 0 aliphatic carbocycles. The van der Waals surface area contributed by atoms with Crippen molar-refractivity contribution in [2.75, 3.05) is 33.8 Å². The van der Waals surface area contributed by atoms with Crippen molar-refractivity contribution >= 4 is 0 Å². The van der Waals surface area contributed by atoms with Crippen molar-refractivity contribution in [3.05, 3.63) is 47.6 Å². The van der Waals surface area contributed by atoms with Crippen LogP contribution in [-0.4, -0.2) is 59.8 Å². The number of likely N-dealkylation sites (N-methyl/N-ethyl adjacent to an activating group) is 2. The molecule has 0 unspecified atom stereocenters. The number of rotatable bonds is 5. The monoisotopic (exact) mass is 316 g/mol. The van der Waals surface area contributed by atoms with Crippen LogP contribution in [0.15, 0.2) is 34.9 Å². The van der Waals surface area contributed by atoms with Gasteiger partial charge in [-0.2, -0.15) is 4.98 Å². The van der Waals surface area contributed by atoms with Crippen molar-refractivity contribution in [2.45, 2.75) is 25.6 Å². The molecular weight excluding hydrogens is 292 g/mol. The Kier molecular flexibility index (Phi) is 5.05.